The van der Waals surface area contributed by atoms with E-state index in [0.29, 0.717) is 0 Å². The molecule has 0 amide bonds. The maximum atomic E-state index is 4.88. The summed E-state index contributed by atoms with van der Waals surface area (Å²) in [5.41, 5.74) is 3.91. The van der Waals surface area contributed by atoms with Gasteiger partial charge in [-0.15, -0.1) is 0 Å². The van der Waals surface area contributed by atoms with E-state index in [2.05, 4.69) is 49.1 Å². The Hall–Kier alpha value is -1.35. The summed E-state index contributed by atoms with van der Waals surface area (Å²) < 4.78 is 2.27. The number of hydrogen-bond donors (Lipinski definition) is 1. The van der Waals surface area contributed by atoms with E-state index in [9.17, 15) is 0 Å². The summed E-state index contributed by atoms with van der Waals surface area (Å²) in [5.74, 6) is 1.21. The first-order valence-corrected chi connectivity index (χ1v) is 7.74. The molecule has 2 aromatic rings. The van der Waals surface area contributed by atoms with E-state index in [1.54, 1.807) is 0 Å². The van der Waals surface area contributed by atoms with Gasteiger partial charge in [-0.05, 0) is 44.5 Å². The summed E-state index contributed by atoms with van der Waals surface area (Å²) in [4.78, 5) is 4.88. The minimum absolute atomic E-state index is 0.252. The van der Waals surface area contributed by atoms with E-state index in [1.165, 1.54) is 49.0 Å². The summed E-state index contributed by atoms with van der Waals surface area (Å²) in [6.45, 7) is 2.13. The Morgan fingerprint density at radius 2 is 2.00 bits per heavy atom. The van der Waals surface area contributed by atoms with Crippen molar-refractivity contribution in [2.45, 2.75) is 51.0 Å². The van der Waals surface area contributed by atoms with E-state index >= 15 is 0 Å². The highest BCUT2D eigenvalue weighted by atomic mass is 15.1. The van der Waals surface area contributed by atoms with Gasteiger partial charge in [0, 0.05) is 19.0 Å². The molecule has 0 bridgehead atoms. The van der Waals surface area contributed by atoms with Crippen LogP contribution in [0.15, 0.2) is 18.2 Å². The Labute approximate surface area is 121 Å². The van der Waals surface area contributed by atoms with Crippen LogP contribution < -0.4 is 5.32 Å². The largest absolute Gasteiger partial charge is 0.331 e. The molecule has 1 saturated carbocycles. The number of fused-ring (bicyclic) bond motifs is 1. The number of likely N-dealkylation sites (N-methyl/N-ethyl adjacent to an activating group) is 1. The average Bonchev–Trinajstić information content (AvgIpc) is 2.75. The molecule has 3 nitrogen and oxygen atoms in total. The minimum Gasteiger partial charge on any atom is -0.331 e. The fraction of sp³-hybridized carbons (Fsp3) is 0.588. The lowest BCUT2D eigenvalue weighted by molar-refractivity contribution is 0.240. The summed E-state index contributed by atoms with van der Waals surface area (Å²) in [6, 6.07) is 6.54. The van der Waals surface area contributed by atoms with E-state index < -0.39 is 0 Å². The molecule has 3 heteroatoms. The Bertz CT molecular complexity index is 606. The van der Waals surface area contributed by atoms with Crippen LogP contribution in [0.2, 0.25) is 0 Å². The molecule has 20 heavy (non-hydrogen) atoms. The predicted molar refractivity (Wildman–Crippen MR) is 84.0 cm³/mol. The van der Waals surface area contributed by atoms with Gasteiger partial charge in [0.1, 0.15) is 5.82 Å². The molecule has 0 unspecified atom stereocenters. The molecule has 1 aromatic carbocycles. The molecule has 3 rings (SSSR count). The molecule has 0 atom stereocenters. The fourth-order valence-electron chi connectivity index (χ4n) is 3.56. The molecule has 1 aromatic heterocycles. The smallest absolute Gasteiger partial charge is 0.111 e. The van der Waals surface area contributed by atoms with E-state index in [4.69, 9.17) is 4.98 Å². The van der Waals surface area contributed by atoms with Crippen molar-refractivity contribution >= 4 is 11.0 Å². The molecule has 1 heterocycles. The standard InChI is InChI=1S/C17H25N3/c1-13-7-8-15-14(11-13)19-16(20(15)3)12-17(18-2)9-5-4-6-10-17/h7-8,11,18H,4-6,9-10,12H2,1-3H3. The lowest BCUT2D eigenvalue weighted by atomic mass is 9.79. The highest BCUT2D eigenvalue weighted by Crippen LogP contribution is 2.31. The van der Waals surface area contributed by atoms with Gasteiger partial charge in [-0.2, -0.15) is 0 Å². The van der Waals surface area contributed by atoms with Crippen LogP contribution in [0.3, 0.4) is 0 Å². The number of benzene rings is 1. The van der Waals surface area contributed by atoms with Crippen LogP contribution in [0.4, 0.5) is 0 Å². The van der Waals surface area contributed by atoms with E-state index in [-0.39, 0.29) is 5.54 Å². The molecule has 0 aliphatic heterocycles. The molecule has 0 saturated heterocycles. The number of nitrogens with zero attached hydrogens (tertiary/aromatic N) is 2. The van der Waals surface area contributed by atoms with Crippen LogP contribution in [-0.2, 0) is 13.5 Å². The lowest BCUT2D eigenvalue weighted by Crippen LogP contribution is -2.47. The number of aryl methyl sites for hydroxylation is 2. The van der Waals surface area contributed by atoms with Crippen molar-refractivity contribution in [3.63, 3.8) is 0 Å². The highest BCUT2D eigenvalue weighted by Gasteiger charge is 2.32. The SMILES string of the molecule is CNC1(Cc2nc3cc(C)ccc3n2C)CCCCC1. The minimum atomic E-state index is 0.252. The van der Waals surface area contributed by atoms with Crippen molar-refractivity contribution in [2.24, 2.45) is 7.05 Å². The third kappa shape index (κ3) is 2.35. The van der Waals surface area contributed by atoms with Gasteiger partial charge in [-0.3, -0.25) is 0 Å². The summed E-state index contributed by atoms with van der Waals surface area (Å²) in [5, 5.41) is 3.60. The van der Waals surface area contributed by atoms with Crippen molar-refractivity contribution in [3.05, 3.63) is 29.6 Å². The van der Waals surface area contributed by atoms with Gasteiger partial charge in [0.25, 0.3) is 0 Å². The van der Waals surface area contributed by atoms with Crippen LogP contribution in [0.5, 0.6) is 0 Å². The number of aromatic nitrogens is 2. The normalized spacial score (nSPS) is 18.6. The first-order chi connectivity index (χ1) is 9.63. The quantitative estimate of drug-likeness (QED) is 0.928. The van der Waals surface area contributed by atoms with Crippen molar-refractivity contribution in [1.29, 1.82) is 0 Å². The van der Waals surface area contributed by atoms with Gasteiger partial charge in [0.15, 0.2) is 0 Å². The zero-order chi connectivity index (χ0) is 14.2. The van der Waals surface area contributed by atoms with Crippen molar-refractivity contribution in [2.75, 3.05) is 7.05 Å². The maximum absolute atomic E-state index is 4.88. The van der Waals surface area contributed by atoms with Gasteiger partial charge < -0.3 is 9.88 Å². The topological polar surface area (TPSA) is 29.9 Å². The first kappa shape index (κ1) is 13.6. The molecule has 1 fully saturated rings. The average molecular weight is 271 g/mol. The molecule has 1 aliphatic carbocycles. The predicted octanol–water partition coefficient (Wildman–Crippen LogP) is 3.35. The zero-order valence-electron chi connectivity index (χ0n) is 12.9. The first-order valence-electron chi connectivity index (χ1n) is 7.74. The summed E-state index contributed by atoms with van der Waals surface area (Å²) in [7, 11) is 4.25. The zero-order valence-corrected chi connectivity index (χ0v) is 12.9. The number of rotatable bonds is 3. The van der Waals surface area contributed by atoms with Crippen LogP contribution in [-0.4, -0.2) is 22.1 Å². The second-order valence-electron chi connectivity index (χ2n) is 6.35. The van der Waals surface area contributed by atoms with Gasteiger partial charge in [0.05, 0.1) is 11.0 Å². The number of nitrogens with one attached hydrogen (secondary N) is 1. The molecule has 1 N–H and O–H groups in total. The van der Waals surface area contributed by atoms with E-state index in [1.807, 2.05) is 0 Å². The second kappa shape index (κ2) is 5.21. The van der Waals surface area contributed by atoms with Gasteiger partial charge >= 0.3 is 0 Å². The molecular formula is C17H25N3. The van der Waals surface area contributed by atoms with Crippen molar-refractivity contribution < 1.29 is 0 Å². The molecule has 0 radical (unpaired) electrons. The van der Waals surface area contributed by atoms with Crippen LogP contribution in [0, 0.1) is 6.92 Å². The molecular weight excluding hydrogens is 246 g/mol. The Morgan fingerprint density at radius 3 is 2.70 bits per heavy atom. The molecule has 108 valence electrons. The summed E-state index contributed by atoms with van der Waals surface area (Å²) in [6.07, 6.45) is 7.63. The van der Waals surface area contributed by atoms with Crippen LogP contribution in [0.25, 0.3) is 11.0 Å². The third-order valence-electron chi connectivity index (χ3n) is 4.97. The van der Waals surface area contributed by atoms with Gasteiger partial charge in [-0.25, -0.2) is 4.98 Å². The summed E-state index contributed by atoms with van der Waals surface area (Å²) >= 11 is 0. The van der Waals surface area contributed by atoms with Crippen molar-refractivity contribution in [1.82, 2.24) is 14.9 Å². The number of imidazole rings is 1. The monoisotopic (exact) mass is 271 g/mol. The molecule has 0 spiro atoms. The fourth-order valence-corrected chi connectivity index (χ4v) is 3.56. The van der Waals surface area contributed by atoms with Crippen LogP contribution >= 0.6 is 0 Å². The van der Waals surface area contributed by atoms with Gasteiger partial charge in [-0.1, -0.05) is 25.3 Å². The Morgan fingerprint density at radius 1 is 1.25 bits per heavy atom. The Kier molecular flexibility index (Phi) is 3.55. The van der Waals surface area contributed by atoms with Gasteiger partial charge in [0.2, 0.25) is 0 Å². The lowest BCUT2D eigenvalue weighted by Gasteiger charge is -2.37. The second-order valence-corrected chi connectivity index (χ2v) is 6.35. The highest BCUT2D eigenvalue weighted by molar-refractivity contribution is 5.76. The van der Waals surface area contributed by atoms with E-state index in [0.717, 1.165) is 11.9 Å². The number of hydrogen-bond acceptors (Lipinski definition) is 2. The molecule has 1 aliphatic rings. The maximum Gasteiger partial charge on any atom is 0.111 e. The Balaban J connectivity index is 1.95. The third-order valence-corrected chi connectivity index (χ3v) is 4.97. The van der Waals surface area contributed by atoms with Crippen LogP contribution in [0.1, 0.15) is 43.5 Å². The van der Waals surface area contributed by atoms with Crippen molar-refractivity contribution in [3.8, 4) is 0 Å².